The number of fused-ring (bicyclic) bond motifs is 6. The molecular formula is C49H30N2. The summed E-state index contributed by atoms with van der Waals surface area (Å²) in [5.74, 6) is 0.490. The molecule has 1 heterocycles. The summed E-state index contributed by atoms with van der Waals surface area (Å²) in [4.78, 5) is 5.14. The summed E-state index contributed by atoms with van der Waals surface area (Å²) < 4.78 is 45.1. The highest BCUT2D eigenvalue weighted by Crippen LogP contribution is 2.52. The van der Waals surface area contributed by atoms with Gasteiger partial charge in [0.25, 0.3) is 0 Å². The van der Waals surface area contributed by atoms with E-state index in [1.165, 1.54) is 44.2 Å². The SMILES string of the molecule is [2H]c1c([2H])c([2H])c(-n2c(-c3ccccc3-c3c4ccccc4c(-c4ccc5c6c(cccc46)-c4ccccc4-5)c4ccccc34)nc3ccccc32)c([2H])c1[2H]. The van der Waals surface area contributed by atoms with Gasteiger partial charge < -0.3 is 0 Å². The fourth-order valence-corrected chi connectivity index (χ4v) is 8.42. The Morgan fingerprint density at radius 2 is 0.882 bits per heavy atom. The Kier molecular flexibility index (Phi) is 5.02. The maximum absolute atomic E-state index is 8.99. The van der Waals surface area contributed by atoms with Gasteiger partial charge in [0.1, 0.15) is 5.82 Å². The van der Waals surface area contributed by atoms with Crippen LogP contribution in [-0.4, -0.2) is 9.55 Å². The largest absolute Gasteiger partial charge is 0.292 e. The van der Waals surface area contributed by atoms with E-state index in [0.717, 1.165) is 38.2 Å². The van der Waals surface area contributed by atoms with Gasteiger partial charge in [0.15, 0.2) is 0 Å². The van der Waals surface area contributed by atoms with Crippen LogP contribution in [0.4, 0.5) is 0 Å². The molecule has 1 aromatic heterocycles. The molecule has 1 aliphatic rings. The summed E-state index contributed by atoms with van der Waals surface area (Å²) >= 11 is 0. The minimum absolute atomic E-state index is 0.0637. The van der Waals surface area contributed by atoms with Gasteiger partial charge in [0, 0.05) is 11.3 Å². The summed E-state index contributed by atoms with van der Waals surface area (Å²) in [6.07, 6.45) is 0. The van der Waals surface area contributed by atoms with Crippen molar-refractivity contribution in [2.24, 2.45) is 0 Å². The molecule has 11 rings (SSSR count). The first-order valence-electron chi connectivity index (χ1n) is 19.7. The molecule has 0 saturated heterocycles. The molecule has 51 heavy (non-hydrogen) atoms. The highest BCUT2D eigenvalue weighted by atomic mass is 15.1. The van der Waals surface area contributed by atoms with E-state index in [1.807, 2.05) is 42.5 Å². The zero-order chi connectivity index (χ0) is 37.8. The van der Waals surface area contributed by atoms with Gasteiger partial charge in [-0.05, 0) is 101 Å². The molecule has 2 heteroatoms. The normalized spacial score (nSPS) is 13.3. The Hall–Kier alpha value is -6.77. The minimum atomic E-state index is -0.432. The molecule has 236 valence electrons. The van der Waals surface area contributed by atoms with Crippen LogP contribution in [0.3, 0.4) is 0 Å². The molecule has 0 bridgehead atoms. The van der Waals surface area contributed by atoms with Crippen LogP contribution in [0.5, 0.6) is 0 Å². The highest BCUT2D eigenvalue weighted by Gasteiger charge is 2.25. The third kappa shape index (κ3) is 4.02. The average Bonchev–Trinajstić information content (AvgIpc) is 3.79. The standard InChI is InChI=1S/C49H30N2/c1-2-15-31(16-3-1)51-45-28-13-12-27-44(45)50-49(51)43-24-11-10-23-40(43)47-35-19-6-8-21-37(35)48(38-22-9-7-20-36(38)47)42-30-29-41-33-18-5-4-17-32(33)34-25-14-26-39(42)46(34)41/h1-30H/i1D,2D,3D,15D,16D. The first kappa shape index (κ1) is 23.6. The smallest absolute Gasteiger partial charge is 0.146 e. The Morgan fingerprint density at radius 1 is 0.392 bits per heavy atom. The van der Waals surface area contributed by atoms with E-state index in [4.69, 9.17) is 11.8 Å². The first-order chi connectivity index (χ1) is 27.4. The molecule has 0 unspecified atom stereocenters. The van der Waals surface area contributed by atoms with Crippen LogP contribution < -0.4 is 0 Å². The number of rotatable bonds is 4. The van der Waals surface area contributed by atoms with Gasteiger partial charge >= 0.3 is 0 Å². The number of hydrogen-bond acceptors (Lipinski definition) is 1. The van der Waals surface area contributed by atoms with Crippen molar-refractivity contribution in [2.45, 2.75) is 0 Å². The van der Waals surface area contributed by atoms with Crippen molar-refractivity contribution >= 4 is 43.4 Å². The van der Waals surface area contributed by atoms with Crippen molar-refractivity contribution in [2.75, 3.05) is 0 Å². The summed E-state index contributed by atoms with van der Waals surface area (Å²) in [6.45, 7) is 0. The van der Waals surface area contributed by atoms with Gasteiger partial charge in [-0.2, -0.15) is 0 Å². The molecule has 0 spiro atoms. The number of nitrogens with zero attached hydrogens (tertiary/aromatic N) is 2. The van der Waals surface area contributed by atoms with E-state index in [2.05, 4.69) is 109 Å². The van der Waals surface area contributed by atoms with Crippen molar-refractivity contribution < 1.29 is 6.85 Å². The molecule has 0 radical (unpaired) electrons. The molecule has 0 N–H and O–H groups in total. The van der Waals surface area contributed by atoms with Gasteiger partial charge in [-0.1, -0.05) is 158 Å². The summed E-state index contributed by atoms with van der Waals surface area (Å²) in [5.41, 5.74) is 11.5. The number of benzene rings is 9. The fourth-order valence-electron chi connectivity index (χ4n) is 8.42. The van der Waals surface area contributed by atoms with Gasteiger partial charge in [0.2, 0.25) is 0 Å². The maximum Gasteiger partial charge on any atom is 0.146 e. The van der Waals surface area contributed by atoms with Crippen molar-refractivity contribution in [3.63, 3.8) is 0 Å². The quantitative estimate of drug-likeness (QED) is 0.173. The van der Waals surface area contributed by atoms with Crippen LogP contribution in [0.2, 0.25) is 0 Å². The van der Waals surface area contributed by atoms with E-state index in [0.29, 0.717) is 16.9 Å². The van der Waals surface area contributed by atoms with Gasteiger partial charge in [0.05, 0.1) is 17.9 Å². The number of aromatic nitrogens is 2. The molecule has 0 saturated carbocycles. The van der Waals surface area contributed by atoms with E-state index >= 15 is 0 Å². The van der Waals surface area contributed by atoms with Crippen LogP contribution in [0.1, 0.15) is 6.85 Å². The highest BCUT2D eigenvalue weighted by molar-refractivity contribution is 6.27. The van der Waals surface area contributed by atoms with Gasteiger partial charge in [-0.15, -0.1) is 0 Å². The minimum Gasteiger partial charge on any atom is -0.292 e. The second-order valence-corrected chi connectivity index (χ2v) is 13.1. The molecule has 9 aromatic carbocycles. The zero-order valence-electron chi connectivity index (χ0n) is 32.3. The number of para-hydroxylation sites is 3. The Balaban J connectivity index is 1.23. The lowest BCUT2D eigenvalue weighted by molar-refractivity contribution is 1.10. The number of imidazole rings is 1. The molecule has 10 aromatic rings. The van der Waals surface area contributed by atoms with Crippen LogP contribution in [0.15, 0.2) is 182 Å². The predicted molar refractivity (Wildman–Crippen MR) is 214 cm³/mol. The lowest BCUT2D eigenvalue weighted by atomic mass is 9.83. The van der Waals surface area contributed by atoms with Gasteiger partial charge in [-0.25, -0.2) is 4.98 Å². The second kappa shape index (κ2) is 10.9. The summed E-state index contributed by atoms with van der Waals surface area (Å²) in [7, 11) is 0. The second-order valence-electron chi connectivity index (χ2n) is 13.1. The lowest BCUT2D eigenvalue weighted by Crippen LogP contribution is -1.99. The molecule has 0 aliphatic heterocycles. The van der Waals surface area contributed by atoms with E-state index in [-0.39, 0.29) is 17.8 Å². The monoisotopic (exact) mass is 651 g/mol. The molecule has 0 fully saturated rings. The van der Waals surface area contributed by atoms with Crippen LogP contribution in [0.25, 0.3) is 105 Å². The molecule has 0 amide bonds. The van der Waals surface area contributed by atoms with Crippen LogP contribution in [-0.2, 0) is 0 Å². The topological polar surface area (TPSA) is 17.8 Å². The molecule has 0 atom stereocenters. The molecule has 1 aliphatic carbocycles. The Morgan fingerprint density at radius 3 is 1.57 bits per heavy atom. The third-order valence-corrected chi connectivity index (χ3v) is 10.5. The van der Waals surface area contributed by atoms with E-state index in [1.54, 1.807) is 4.57 Å². The molecule has 2 nitrogen and oxygen atoms in total. The summed E-state index contributed by atoms with van der Waals surface area (Å²) in [6, 6.07) is 50.9. The maximum atomic E-state index is 8.99. The number of hydrogen-bond donors (Lipinski definition) is 0. The Labute approximate surface area is 302 Å². The predicted octanol–water partition coefficient (Wildman–Crippen LogP) is 13.1. The van der Waals surface area contributed by atoms with E-state index in [9.17, 15) is 0 Å². The van der Waals surface area contributed by atoms with Crippen molar-refractivity contribution in [1.29, 1.82) is 0 Å². The third-order valence-electron chi connectivity index (χ3n) is 10.5. The summed E-state index contributed by atoms with van der Waals surface area (Å²) in [5, 5.41) is 6.88. The zero-order valence-corrected chi connectivity index (χ0v) is 27.3. The lowest BCUT2D eigenvalue weighted by Gasteiger charge is -2.21. The fraction of sp³-hybridized carbons (Fsp3) is 0. The van der Waals surface area contributed by atoms with Crippen molar-refractivity contribution in [1.82, 2.24) is 9.55 Å². The Bertz CT molecular complexity index is 3210. The van der Waals surface area contributed by atoms with Crippen LogP contribution in [0, 0.1) is 0 Å². The van der Waals surface area contributed by atoms with Crippen molar-refractivity contribution in [3.8, 4) is 61.6 Å². The average molecular weight is 652 g/mol. The van der Waals surface area contributed by atoms with Gasteiger partial charge in [-0.3, -0.25) is 4.57 Å². The van der Waals surface area contributed by atoms with Crippen LogP contribution >= 0.6 is 0 Å². The molecular weight excluding hydrogens is 617 g/mol. The van der Waals surface area contributed by atoms with E-state index < -0.39 is 18.1 Å². The van der Waals surface area contributed by atoms with Crippen molar-refractivity contribution in [3.05, 3.63) is 182 Å². The first-order valence-corrected chi connectivity index (χ1v) is 17.2.